The normalized spacial score (nSPS) is 11.9. The Hall–Kier alpha value is -4.40. The lowest BCUT2D eigenvalue weighted by atomic mass is 10.0. The van der Waals surface area contributed by atoms with E-state index in [1.54, 1.807) is 13.8 Å². The number of hydrogen-bond donors (Lipinski definition) is 8. The summed E-state index contributed by atoms with van der Waals surface area (Å²) in [6.07, 6.45) is 19.2. The lowest BCUT2D eigenvalue weighted by Gasteiger charge is -2.18. The van der Waals surface area contributed by atoms with Crippen LogP contribution in [-0.2, 0) is 57.3 Å². The van der Waals surface area contributed by atoms with Gasteiger partial charge in [-0.1, -0.05) is 90.9 Å². The third kappa shape index (κ3) is 44.6. The second-order valence-corrected chi connectivity index (χ2v) is 17.1. The van der Waals surface area contributed by atoms with Crippen LogP contribution in [0.2, 0.25) is 0 Å². The molecule has 0 saturated heterocycles. The SMILES string of the molecule is CCC(=O)NCCCC(NC(=O)CC)C(=O)NCCOCCOCCC(=O)NCCOCCOCCC(=O)NCCCCC(NC(=O)CCCCCCCCCCCCCCCCC(=O)O)C(=O)O. The van der Waals surface area contributed by atoms with Gasteiger partial charge in [0, 0.05) is 64.7 Å². The first-order chi connectivity index (χ1) is 33.4. The van der Waals surface area contributed by atoms with Crippen molar-refractivity contribution in [3.63, 3.8) is 0 Å². The summed E-state index contributed by atoms with van der Waals surface area (Å²) in [6.45, 7) is 6.94. The van der Waals surface area contributed by atoms with Crippen molar-refractivity contribution in [1.29, 1.82) is 0 Å². The number of nitrogens with one attached hydrogen (secondary N) is 6. The molecule has 2 atom stereocenters. The van der Waals surface area contributed by atoms with Crippen LogP contribution in [0.25, 0.3) is 0 Å². The number of ether oxygens (including phenoxy) is 4. The van der Waals surface area contributed by atoms with E-state index in [1.807, 2.05) is 0 Å². The molecule has 0 spiro atoms. The summed E-state index contributed by atoms with van der Waals surface area (Å²) >= 11 is 0. The summed E-state index contributed by atoms with van der Waals surface area (Å²) in [5, 5.41) is 34.6. The van der Waals surface area contributed by atoms with E-state index in [-0.39, 0.29) is 114 Å². The van der Waals surface area contributed by atoms with E-state index in [0.717, 1.165) is 44.9 Å². The Kier molecular flexibility index (Phi) is 44.3. The number of hydrogen-bond acceptors (Lipinski definition) is 12. The number of carbonyl (C=O) groups is 8. The first kappa shape index (κ1) is 64.6. The Bertz CT molecular complexity index is 1390. The second-order valence-electron chi connectivity index (χ2n) is 17.1. The van der Waals surface area contributed by atoms with Crippen LogP contribution < -0.4 is 31.9 Å². The molecule has 0 bridgehead atoms. The third-order valence-corrected chi connectivity index (χ3v) is 11.0. The molecule has 0 aliphatic heterocycles. The van der Waals surface area contributed by atoms with Gasteiger partial charge in [-0.2, -0.15) is 0 Å². The first-order valence-corrected chi connectivity index (χ1v) is 25.8. The number of carboxylic acids is 2. The Labute approximate surface area is 411 Å². The average Bonchev–Trinajstić information content (AvgIpc) is 3.32. The number of rotatable bonds is 50. The third-order valence-electron chi connectivity index (χ3n) is 11.0. The van der Waals surface area contributed by atoms with Crippen molar-refractivity contribution >= 4 is 47.4 Å². The van der Waals surface area contributed by atoms with Crippen molar-refractivity contribution in [2.75, 3.05) is 79.0 Å². The van der Waals surface area contributed by atoms with E-state index in [9.17, 15) is 43.5 Å². The minimum absolute atomic E-state index is 0.0691. The molecule has 20 heteroatoms. The molecule has 0 aromatic heterocycles. The van der Waals surface area contributed by atoms with Gasteiger partial charge in [0.15, 0.2) is 0 Å². The topological polar surface area (TPSA) is 286 Å². The van der Waals surface area contributed by atoms with Gasteiger partial charge in [0.2, 0.25) is 35.4 Å². The molecule has 400 valence electrons. The molecule has 6 amide bonds. The van der Waals surface area contributed by atoms with Gasteiger partial charge in [-0.15, -0.1) is 0 Å². The van der Waals surface area contributed by atoms with Crippen LogP contribution in [0.1, 0.15) is 174 Å². The van der Waals surface area contributed by atoms with Gasteiger partial charge in [0.05, 0.1) is 52.9 Å². The number of carbonyl (C=O) groups excluding carboxylic acids is 6. The fourth-order valence-electron chi connectivity index (χ4n) is 6.92. The molecule has 8 N–H and O–H groups in total. The van der Waals surface area contributed by atoms with Gasteiger partial charge in [-0.3, -0.25) is 33.6 Å². The highest BCUT2D eigenvalue weighted by molar-refractivity contribution is 5.87. The van der Waals surface area contributed by atoms with E-state index in [1.165, 1.54) is 44.9 Å². The molecule has 0 fully saturated rings. The summed E-state index contributed by atoms with van der Waals surface area (Å²) in [5.41, 5.74) is 0. The molecule has 0 aromatic carbocycles. The number of unbranched alkanes of at least 4 members (excludes halogenated alkanes) is 14. The summed E-state index contributed by atoms with van der Waals surface area (Å²) < 4.78 is 21.8. The highest BCUT2D eigenvalue weighted by atomic mass is 16.5. The quantitative estimate of drug-likeness (QED) is 0.0391. The highest BCUT2D eigenvalue weighted by Crippen LogP contribution is 2.14. The van der Waals surface area contributed by atoms with Gasteiger partial charge in [-0.25, -0.2) is 4.79 Å². The van der Waals surface area contributed by atoms with Crippen LogP contribution >= 0.6 is 0 Å². The van der Waals surface area contributed by atoms with Crippen molar-refractivity contribution < 1.29 is 67.5 Å². The van der Waals surface area contributed by atoms with Crippen LogP contribution in [-0.4, -0.2) is 149 Å². The van der Waals surface area contributed by atoms with E-state index < -0.39 is 24.0 Å². The molecule has 0 saturated carbocycles. The van der Waals surface area contributed by atoms with Gasteiger partial charge in [-0.05, 0) is 44.9 Å². The average molecular weight is 987 g/mol. The maximum Gasteiger partial charge on any atom is 0.326 e. The van der Waals surface area contributed by atoms with E-state index >= 15 is 0 Å². The Morgan fingerprint density at radius 2 is 0.768 bits per heavy atom. The van der Waals surface area contributed by atoms with E-state index in [0.29, 0.717) is 71.4 Å². The van der Waals surface area contributed by atoms with Gasteiger partial charge >= 0.3 is 11.9 Å². The molecule has 0 radical (unpaired) electrons. The smallest absolute Gasteiger partial charge is 0.326 e. The summed E-state index contributed by atoms with van der Waals surface area (Å²) in [7, 11) is 0. The van der Waals surface area contributed by atoms with Gasteiger partial charge in [0.1, 0.15) is 12.1 Å². The maximum atomic E-state index is 12.6. The fraction of sp³-hybridized carbons (Fsp3) is 0.837. The molecule has 2 unspecified atom stereocenters. The van der Waals surface area contributed by atoms with Crippen LogP contribution in [0.4, 0.5) is 0 Å². The molecular weight excluding hydrogens is 897 g/mol. The first-order valence-electron chi connectivity index (χ1n) is 25.8. The Morgan fingerprint density at radius 3 is 1.26 bits per heavy atom. The number of amides is 6. The van der Waals surface area contributed by atoms with Gasteiger partial charge < -0.3 is 61.1 Å². The Balaban J connectivity index is 3.71. The summed E-state index contributed by atoms with van der Waals surface area (Å²) in [5.74, 6) is -3.01. The number of aliphatic carboxylic acids is 2. The Morgan fingerprint density at radius 1 is 0.362 bits per heavy atom. The van der Waals surface area contributed by atoms with Gasteiger partial charge in [0.25, 0.3) is 0 Å². The van der Waals surface area contributed by atoms with Crippen LogP contribution in [0, 0.1) is 0 Å². The minimum Gasteiger partial charge on any atom is -0.481 e. The number of carboxylic acid groups (broad SMARTS) is 2. The molecule has 0 aromatic rings. The fourth-order valence-corrected chi connectivity index (χ4v) is 6.92. The van der Waals surface area contributed by atoms with E-state index in [2.05, 4.69) is 31.9 Å². The largest absolute Gasteiger partial charge is 0.481 e. The molecule has 0 heterocycles. The van der Waals surface area contributed by atoms with Crippen molar-refractivity contribution in [3.8, 4) is 0 Å². The van der Waals surface area contributed by atoms with Crippen LogP contribution in [0.5, 0.6) is 0 Å². The maximum absolute atomic E-state index is 12.6. The standard InChI is InChI=1S/C49H90N6O14/c1-3-42(56)50-29-21-23-40(54-43(57)4-2)48(63)53-31-35-69-39-37-67-33-27-45(59)52-30-34-68-38-36-66-32-26-44(58)51-28-20-19-22-41(49(64)65)55-46(60)24-17-15-13-11-9-7-5-6-8-10-12-14-16-18-25-47(61)62/h40-41H,3-39H2,1-2H3,(H,50,56)(H,51,58)(H,52,59)(H,53,63)(H,54,57)(H,55,60)(H,61,62)(H,64,65). The molecule has 0 aliphatic carbocycles. The van der Waals surface area contributed by atoms with Crippen molar-refractivity contribution in [3.05, 3.63) is 0 Å². The summed E-state index contributed by atoms with van der Waals surface area (Å²) in [4.78, 5) is 94.6. The lowest BCUT2D eigenvalue weighted by Crippen LogP contribution is -2.47. The van der Waals surface area contributed by atoms with E-state index in [4.69, 9.17) is 24.1 Å². The van der Waals surface area contributed by atoms with Crippen LogP contribution in [0.15, 0.2) is 0 Å². The molecule has 69 heavy (non-hydrogen) atoms. The zero-order valence-corrected chi connectivity index (χ0v) is 42.1. The zero-order valence-electron chi connectivity index (χ0n) is 42.1. The lowest BCUT2D eigenvalue weighted by molar-refractivity contribution is -0.142. The summed E-state index contributed by atoms with van der Waals surface area (Å²) in [6, 6.07) is -1.65. The van der Waals surface area contributed by atoms with Crippen molar-refractivity contribution in [2.24, 2.45) is 0 Å². The predicted octanol–water partition coefficient (Wildman–Crippen LogP) is 4.45. The molecule has 0 rings (SSSR count). The predicted molar refractivity (Wildman–Crippen MR) is 261 cm³/mol. The second kappa shape index (κ2) is 47.3. The monoisotopic (exact) mass is 987 g/mol. The zero-order chi connectivity index (χ0) is 51.0. The molecular formula is C49H90N6O14. The minimum atomic E-state index is -1.06. The van der Waals surface area contributed by atoms with Crippen molar-refractivity contribution in [1.82, 2.24) is 31.9 Å². The molecule has 20 nitrogen and oxygen atoms in total. The van der Waals surface area contributed by atoms with Crippen molar-refractivity contribution in [2.45, 2.75) is 186 Å². The highest BCUT2D eigenvalue weighted by Gasteiger charge is 2.20. The van der Waals surface area contributed by atoms with Crippen LogP contribution in [0.3, 0.4) is 0 Å². The molecule has 0 aliphatic rings.